The number of nitrogens with zero attached hydrogens (tertiary/aromatic N) is 3. The second-order valence-electron chi connectivity index (χ2n) is 5.59. The zero-order chi connectivity index (χ0) is 16.5. The molecular formula is C20H17N3O. The molecular weight excluding hydrogens is 298 g/mol. The molecule has 0 amide bonds. The summed E-state index contributed by atoms with van der Waals surface area (Å²) in [4.78, 5) is 4.58. The number of hydrogen-bond donors (Lipinski definition) is 0. The van der Waals surface area contributed by atoms with Gasteiger partial charge in [-0.1, -0.05) is 42.5 Å². The van der Waals surface area contributed by atoms with Gasteiger partial charge in [-0.15, -0.1) is 0 Å². The normalized spacial score (nSPS) is 10.9. The van der Waals surface area contributed by atoms with Crippen LogP contribution in [0, 0.1) is 6.92 Å². The fourth-order valence-corrected chi connectivity index (χ4v) is 3.05. The third-order valence-electron chi connectivity index (χ3n) is 4.14. The predicted octanol–water partition coefficient (Wildman–Crippen LogP) is 4.38. The lowest BCUT2D eigenvalue weighted by Crippen LogP contribution is -1.97. The van der Waals surface area contributed by atoms with Crippen molar-refractivity contribution in [1.29, 1.82) is 0 Å². The summed E-state index contributed by atoms with van der Waals surface area (Å²) in [6.07, 6.45) is 1.82. The van der Waals surface area contributed by atoms with Crippen molar-refractivity contribution in [3.8, 4) is 28.1 Å². The van der Waals surface area contributed by atoms with E-state index in [4.69, 9.17) is 9.84 Å². The van der Waals surface area contributed by atoms with Crippen LogP contribution in [0.2, 0.25) is 0 Å². The summed E-state index contributed by atoms with van der Waals surface area (Å²) in [6, 6.07) is 20.2. The van der Waals surface area contributed by atoms with Crippen molar-refractivity contribution in [2.45, 2.75) is 6.92 Å². The van der Waals surface area contributed by atoms with Crippen molar-refractivity contribution in [3.63, 3.8) is 0 Å². The van der Waals surface area contributed by atoms with Gasteiger partial charge in [-0.05, 0) is 30.7 Å². The molecule has 0 atom stereocenters. The Morgan fingerprint density at radius 3 is 2.46 bits per heavy atom. The van der Waals surface area contributed by atoms with Crippen LogP contribution in [0.3, 0.4) is 0 Å². The summed E-state index contributed by atoms with van der Waals surface area (Å²) in [6.45, 7) is 2.02. The summed E-state index contributed by atoms with van der Waals surface area (Å²) in [5, 5.41) is 4.74. The van der Waals surface area contributed by atoms with E-state index < -0.39 is 0 Å². The minimum Gasteiger partial charge on any atom is -0.496 e. The molecule has 0 radical (unpaired) electrons. The third kappa shape index (κ3) is 2.24. The number of rotatable bonds is 3. The van der Waals surface area contributed by atoms with Crippen LogP contribution in [-0.2, 0) is 0 Å². The van der Waals surface area contributed by atoms with Gasteiger partial charge in [0.25, 0.3) is 0 Å². The molecule has 4 nitrogen and oxygen atoms in total. The Bertz CT molecular complexity index is 1010. The Morgan fingerprint density at radius 2 is 1.67 bits per heavy atom. The SMILES string of the molecule is COc1ccccc1-c1ccnc2c(-c3ccccc3)c(C)nn12. The van der Waals surface area contributed by atoms with E-state index in [9.17, 15) is 0 Å². The van der Waals surface area contributed by atoms with Crippen LogP contribution < -0.4 is 4.74 Å². The van der Waals surface area contributed by atoms with Crippen molar-refractivity contribution in [2.75, 3.05) is 7.11 Å². The molecule has 0 saturated carbocycles. The molecule has 24 heavy (non-hydrogen) atoms. The molecule has 2 aromatic carbocycles. The summed E-state index contributed by atoms with van der Waals surface area (Å²) >= 11 is 0. The predicted molar refractivity (Wildman–Crippen MR) is 95.1 cm³/mol. The molecule has 0 unspecified atom stereocenters. The number of fused-ring (bicyclic) bond motifs is 1. The van der Waals surface area contributed by atoms with Crippen LogP contribution in [0.5, 0.6) is 5.75 Å². The van der Waals surface area contributed by atoms with Crippen LogP contribution in [0.1, 0.15) is 5.69 Å². The summed E-state index contributed by atoms with van der Waals surface area (Å²) in [5.41, 5.74) is 5.94. The van der Waals surface area contributed by atoms with E-state index in [1.54, 1.807) is 7.11 Å². The molecule has 0 spiro atoms. The first kappa shape index (κ1) is 14.5. The number of hydrogen-bond acceptors (Lipinski definition) is 3. The first-order valence-corrected chi connectivity index (χ1v) is 7.83. The molecule has 2 aromatic heterocycles. The molecule has 4 heteroatoms. The largest absolute Gasteiger partial charge is 0.496 e. The minimum atomic E-state index is 0.819. The van der Waals surface area contributed by atoms with Gasteiger partial charge in [-0.3, -0.25) is 0 Å². The van der Waals surface area contributed by atoms with Crippen LogP contribution >= 0.6 is 0 Å². The second kappa shape index (κ2) is 5.81. The number of benzene rings is 2. The number of ether oxygens (including phenoxy) is 1. The van der Waals surface area contributed by atoms with Crippen molar-refractivity contribution in [1.82, 2.24) is 14.6 Å². The van der Waals surface area contributed by atoms with E-state index in [1.165, 1.54) is 0 Å². The highest BCUT2D eigenvalue weighted by Crippen LogP contribution is 2.33. The third-order valence-corrected chi connectivity index (χ3v) is 4.14. The Morgan fingerprint density at radius 1 is 0.917 bits per heavy atom. The summed E-state index contributed by atoms with van der Waals surface area (Å²) in [5.74, 6) is 0.819. The Labute approximate surface area is 140 Å². The van der Waals surface area contributed by atoms with Gasteiger partial charge in [0.05, 0.1) is 18.5 Å². The maximum Gasteiger partial charge on any atom is 0.163 e. The zero-order valence-corrected chi connectivity index (χ0v) is 13.6. The molecule has 0 aliphatic rings. The minimum absolute atomic E-state index is 0.819. The van der Waals surface area contributed by atoms with Crippen LogP contribution in [0.4, 0.5) is 0 Å². The average Bonchev–Trinajstić information content (AvgIpc) is 2.98. The van der Waals surface area contributed by atoms with Gasteiger partial charge >= 0.3 is 0 Å². The van der Waals surface area contributed by atoms with Crippen molar-refractivity contribution in [3.05, 3.63) is 72.6 Å². The van der Waals surface area contributed by atoms with Crippen LogP contribution in [0.15, 0.2) is 66.9 Å². The van der Waals surface area contributed by atoms with Crippen LogP contribution in [-0.4, -0.2) is 21.7 Å². The maximum absolute atomic E-state index is 5.51. The molecule has 118 valence electrons. The number of aromatic nitrogens is 3. The fraction of sp³-hybridized carbons (Fsp3) is 0.100. The highest BCUT2D eigenvalue weighted by atomic mass is 16.5. The highest BCUT2D eigenvalue weighted by Gasteiger charge is 2.16. The molecule has 0 saturated heterocycles. The first-order valence-electron chi connectivity index (χ1n) is 7.83. The lowest BCUT2D eigenvalue weighted by Gasteiger charge is -2.09. The molecule has 4 aromatic rings. The van der Waals surface area contributed by atoms with Gasteiger partial charge in [0, 0.05) is 17.3 Å². The van der Waals surface area contributed by atoms with E-state index in [-0.39, 0.29) is 0 Å². The maximum atomic E-state index is 5.51. The number of methoxy groups -OCH3 is 1. The molecule has 0 bridgehead atoms. The monoisotopic (exact) mass is 315 g/mol. The molecule has 0 N–H and O–H groups in total. The van der Waals surface area contributed by atoms with E-state index >= 15 is 0 Å². The van der Waals surface area contributed by atoms with Gasteiger partial charge in [-0.25, -0.2) is 9.50 Å². The molecule has 0 aliphatic carbocycles. The van der Waals surface area contributed by atoms with Gasteiger partial charge < -0.3 is 4.74 Å². The molecule has 4 rings (SSSR count). The van der Waals surface area contributed by atoms with Crippen molar-refractivity contribution >= 4 is 5.65 Å². The van der Waals surface area contributed by atoms with Crippen molar-refractivity contribution in [2.24, 2.45) is 0 Å². The highest BCUT2D eigenvalue weighted by molar-refractivity contribution is 5.82. The van der Waals surface area contributed by atoms with Gasteiger partial charge in [0.2, 0.25) is 0 Å². The number of aryl methyl sites for hydroxylation is 1. The standard InChI is InChI=1S/C20H17N3O/c1-14-19(15-8-4-3-5-9-15)20-21-13-12-17(23(20)22-14)16-10-6-7-11-18(16)24-2/h3-13H,1-2H3. The first-order chi connectivity index (χ1) is 11.8. The van der Waals surface area contributed by atoms with Crippen LogP contribution in [0.25, 0.3) is 28.0 Å². The van der Waals surface area contributed by atoms with Gasteiger partial charge in [0.1, 0.15) is 5.75 Å². The zero-order valence-electron chi connectivity index (χ0n) is 13.6. The molecule has 2 heterocycles. The van der Waals surface area contributed by atoms with Gasteiger partial charge in [-0.2, -0.15) is 5.10 Å². The van der Waals surface area contributed by atoms with E-state index in [2.05, 4.69) is 17.1 Å². The number of para-hydroxylation sites is 1. The van der Waals surface area contributed by atoms with E-state index in [1.807, 2.05) is 66.2 Å². The molecule has 0 fully saturated rings. The van der Waals surface area contributed by atoms with Crippen molar-refractivity contribution < 1.29 is 4.74 Å². The quantitative estimate of drug-likeness (QED) is 0.563. The summed E-state index contributed by atoms with van der Waals surface area (Å²) in [7, 11) is 1.68. The average molecular weight is 315 g/mol. The van der Waals surface area contributed by atoms with E-state index in [0.717, 1.165) is 39.5 Å². The van der Waals surface area contributed by atoms with E-state index in [0.29, 0.717) is 0 Å². The summed E-state index contributed by atoms with van der Waals surface area (Å²) < 4.78 is 7.41. The lowest BCUT2D eigenvalue weighted by molar-refractivity contribution is 0.416. The Balaban J connectivity index is 2.01. The Hall–Kier alpha value is -3.14. The topological polar surface area (TPSA) is 39.4 Å². The smallest absolute Gasteiger partial charge is 0.163 e. The fourth-order valence-electron chi connectivity index (χ4n) is 3.05. The molecule has 0 aliphatic heterocycles. The van der Waals surface area contributed by atoms with Gasteiger partial charge in [0.15, 0.2) is 5.65 Å². The second-order valence-corrected chi connectivity index (χ2v) is 5.59. The Kier molecular flexibility index (Phi) is 3.50. The lowest BCUT2D eigenvalue weighted by atomic mass is 10.1.